The van der Waals surface area contributed by atoms with Crippen LogP contribution in [0, 0.1) is 0 Å². The maximum atomic E-state index is 12.2. The van der Waals surface area contributed by atoms with Gasteiger partial charge in [0.25, 0.3) is 11.8 Å². The molecule has 3 aromatic rings. The SMILES string of the molecule is CCOc1cc(/C=N/NC(=O)c2ccccc2)ccc1OCC(=O)Nc1ccc(Cl)c(Cl)c1. The lowest BCUT2D eigenvalue weighted by atomic mass is 10.2. The number of carbonyl (C=O) groups excluding carboxylic acids is 2. The van der Waals surface area contributed by atoms with Gasteiger partial charge in [-0.2, -0.15) is 5.10 Å². The molecule has 7 nitrogen and oxygen atoms in total. The molecule has 33 heavy (non-hydrogen) atoms. The molecular weight excluding hydrogens is 465 g/mol. The van der Waals surface area contributed by atoms with Gasteiger partial charge in [0.05, 0.1) is 22.9 Å². The highest BCUT2D eigenvalue weighted by atomic mass is 35.5. The van der Waals surface area contributed by atoms with Crippen molar-refractivity contribution in [2.24, 2.45) is 5.10 Å². The van der Waals surface area contributed by atoms with Crippen LogP contribution in [0.3, 0.4) is 0 Å². The Morgan fingerprint density at radius 2 is 1.73 bits per heavy atom. The first kappa shape index (κ1) is 24.1. The number of nitrogens with zero attached hydrogens (tertiary/aromatic N) is 1. The number of carbonyl (C=O) groups is 2. The van der Waals surface area contributed by atoms with E-state index in [4.69, 9.17) is 32.7 Å². The monoisotopic (exact) mass is 485 g/mol. The van der Waals surface area contributed by atoms with E-state index >= 15 is 0 Å². The second-order valence-electron chi connectivity index (χ2n) is 6.67. The summed E-state index contributed by atoms with van der Waals surface area (Å²) in [7, 11) is 0. The van der Waals surface area contributed by atoms with Gasteiger partial charge >= 0.3 is 0 Å². The van der Waals surface area contributed by atoms with E-state index in [0.717, 1.165) is 0 Å². The predicted molar refractivity (Wildman–Crippen MR) is 130 cm³/mol. The minimum absolute atomic E-state index is 0.235. The third kappa shape index (κ3) is 7.24. The normalized spacial score (nSPS) is 10.6. The Hall–Kier alpha value is -3.55. The Balaban J connectivity index is 1.60. The fourth-order valence-corrected chi connectivity index (χ4v) is 3.02. The number of rotatable bonds is 9. The van der Waals surface area contributed by atoms with Crippen molar-refractivity contribution in [2.45, 2.75) is 6.92 Å². The zero-order valence-corrected chi connectivity index (χ0v) is 19.2. The first-order valence-corrected chi connectivity index (χ1v) is 10.7. The topological polar surface area (TPSA) is 89.0 Å². The minimum atomic E-state index is -0.370. The number of hydrazone groups is 1. The summed E-state index contributed by atoms with van der Waals surface area (Å²) < 4.78 is 11.2. The van der Waals surface area contributed by atoms with Crippen molar-refractivity contribution in [1.29, 1.82) is 0 Å². The van der Waals surface area contributed by atoms with E-state index in [1.165, 1.54) is 6.21 Å². The van der Waals surface area contributed by atoms with Crippen LogP contribution >= 0.6 is 23.2 Å². The number of hydrogen-bond donors (Lipinski definition) is 2. The summed E-state index contributed by atoms with van der Waals surface area (Å²) in [4.78, 5) is 24.3. The summed E-state index contributed by atoms with van der Waals surface area (Å²) in [6.45, 7) is 2.00. The van der Waals surface area contributed by atoms with Crippen LogP contribution in [0.5, 0.6) is 11.5 Å². The van der Waals surface area contributed by atoms with E-state index in [0.29, 0.717) is 45.0 Å². The van der Waals surface area contributed by atoms with Crippen molar-refractivity contribution in [2.75, 3.05) is 18.5 Å². The highest BCUT2D eigenvalue weighted by Gasteiger charge is 2.10. The molecule has 0 bridgehead atoms. The molecule has 0 saturated heterocycles. The number of nitrogens with one attached hydrogen (secondary N) is 2. The van der Waals surface area contributed by atoms with Gasteiger partial charge in [-0.3, -0.25) is 9.59 Å². The van der Waals surface area contributed by atoms with E-state index in [1.807, 2.05) is 13.0 Å². The van der Waals surface area contributed by atoms with Crippen LogP contribution in [0.1, 0.15) is 22.8 Å². The van der Waals surface area contributed by atoms with Crippen LogP contribution in [0.2, 0.25) is 10.0 Å². The van der Waals surface area contributed by atoms with Crippen molar-refractivity contribution < 1.29 is 19.1 Å². The van der Waals surface area contributed by atoms with Crippen molar-refractivity contribution in [1.82, 2.24) is 5.43 Å². The van der Waals surface area contributed by atoms with Gasteiger partial charge in [-0.15, -0.1) is 0 Å². The quantitative estimate of drug-likeness (QED) is 0.323. The Kier molecular flexibility index (Phi) is 8.69. The molecule has 2 N–H and O–H groups in total. The molecule has 170 valence electrons. The number of hydrogen-bond acceptors (Lipinski definition) is 5. The average Bonchev–Trinajstić information content (AvgIpc) is 2.81. The standard InChI is InChI=1S/C24H21Cl2N3O4/c1-2-32-22-12-16(14-27-29-24(31)17-6-4-3-5-7-17)8-11-21(22)33-15-23(30)28-18-9-10-19(25)20(26)13-18/h3-14H,2,15H2,1H3,(H,28,30)(H,29,31)/b27-14+. The first-order chi connectivity index (χ1) is 16.0. The molecule has 0 aliphatic carbocycles. The van der Waals surface area contributed by atoms with Gasteiger partial charge in [0.15, 0.2) is 18.1 Å². The Morgan fingerprint density at radius 1 is 0.939 bits per heavy atom. The second kappa shape index (κ2) is 11.9. The van der Waals surface area contributed by atoms with Crippen LogP contribution in [-0.2, 0) is 4.79 Å². The summed E-state index contributed by atoms with van der Waals surface area (Å²) in [5.74, 6) is 0.153. The first-order valence-electron chi connectivity index (χ1n) is 9.99. The number of amides is 2. The number of ether oxygens (including phenoxy) is 2. The molecule has 0 saturated carbocycles. The largest absolute Gasteiger partial charge is 0.490 e. The van der Waals surface area contributed by atoms with Gasteiger partial charge in [0.1, 0.15) is 0 Å². The van der Waals surface area contributed by atoms with E-state index < -0.39 is 0 Å². The van der Waals surface area contributed by atoms with Gasteiger partial charge in [0, 0.05) is 11.3 Å². The molecule has 0 unspecified atom stereocenters. The molecule has 3 aromatic carbocycles. The molecule has 3 rings (SSSR count). The van der Waals surface area contributed by atoms with Gasteiger partial charge in [-0.25, -0.2) is 5.43 Å². The minimum Gasteiger partial charge on any atom is -0.490 e. The highest BCUT2D eigenvalue weighted by molar-refractivity contribution is 6.42. The summed E-state index contributed by atoms with van der Waals surface area (Å²) in [6.07, 6.45) is 1.49. The fraction of sp³-hybridized carbons (Fsp3) is 0.125. The maximum Gasteiger partial charge on any atom is 0.271 e. The zero-order valence-electron chi connectivity index (χ0n) is 17.7. The molecule has 0 aliphatic rings. The number of anilines is 1. The smallest absolute Gasteiger partial charge is 0.271 e. The molecule has 0 atom stereocenters. The molecule has 9 heteroatoms. The summed E-state index contributed by atoms with van der Waals surface area (Å²) in [5.41, 5.74) is 4.17. The van der Waals surface area contributed by atoms with Crippen molar-refractivity contribution in [3.63, 3.8) is 0 Å². The maximum absolute atomic E-state index is 12.2. The van der Waals surface area contributed by atoms with E-state index in [2.05, 4.69) is 15.8 Å². The Morgan fingerprint density at radius 3 is 2.45 bits per heavy atom. The molecule has 0 fully saturated rings. The number of halogens is 2. The molecule has 2 amide bonds. The van der Waals surface area contributed by atoms with Gasteiger partial charge in [-0.05, 0) is 61.0 Å². The average molecular weight is 486 g/mol. The molecule has 0 heterocycles. The van der Waals surface area contributed by atoms with Crippen molar-refractivity contribution in [3.05, 3.63) is 87.9 Å². The van der Waals surface area contributed by atoms with E-state index in [-0.39, 0.29) is 18.4 Å². The van der Waals surface area contributed by atoms with Crippen LogP contribution in [-0.4, -0.2) is 31.2 Å². The second-order valence-corrected chi connectivity index (χ2v) is 7.48. The zero-order chi connectivity index (χ0) is 23.6. The van der Waals surface area contributed by atoms with Crippen molar-refractivity contribution in [3.8, 4) is 11.5 Å². The molecule has 0 spiro atoms. The van der Waals surface area contributed by atoms with Crippen LogP contribution in [0.25, 0.3) is 0 Å². The molecule has 0 aliphatic heterocycles. The van der Waals surface area contributed by atoms with Crippen LogP contribution in [0.15, 0.2) is 71.8 Å². The lowest BCUT2D eigenvalue weighted by molar-refractivity contribution is -0.118. The Labute approximate surface area is 201 Å². The summed E-state index contributed by atoms with van der Waals surface area (Å²) >= 11 is 11.8. The van der Waals surface area contributed by atoms with E-state index in [9.17, 15) is 9.59 Å². The summed E-state index contributed by atoms with van der Waals surface area (Å²) in [6, 6.07) is 18.7. The lowest BCUT2D eigenvalue weighted by Gasteiger charge is -2.13. The summed E-state index contributed by atoms with van der Waals surface area (Å²) in [5, 5.41) is 7.40. The predicted octanol–water partition coefficient (Wildman–Crippen LogP) is 5.17. The lowest BCUT2D eigenvalue weighted by Crippen LogP contribution is -2.20. The number of benzene rings is 3. The van der Waals surface area contributed by atoms with Crippen LogP contribution < -0.4 is 20.2 Å². The Bertz CT molecular complexity index is 1150. The van der Waals surface area contributed by atoms with E-state index in [1.54, 1.807) is 60.7 Å². The van der Waals surface area contributed by atoms with Gasteiger partial charge < -0.3 is 14.8 Å². The molecular formula is C24H21Cl2N3O4. The fourth-order valence-electron chi connectivity index (χ4n) is 2.73. The van der Waals surface area contributed by atoms with Gasteiger partial charge in [-0.1, -0.05) is 41.4 Å². The molecule has 0 aromatic heterocycles. The van der Waals surface area contributed by atoms with Crippen LogP contribution in [0.4, 0.5) is 5.69 Å². The van der Waals surface area contributed by atoms with Crippen molar-refractivity contribution >= 4 is 46.9 Å². The highest BCUT2D eigenvalue weighted by Crippen LogP contribution is 2.28. The molecule has 0 radical (unpaired) electrons. The third-order valence-electron chi connectivity index (χ3n) is 4.25. The van der Waals surface area contributed by atoms with Gasteiger partial charge in [0.2, 0.25) is 0 Å². The third-order valence-corrected chi connectivity index (χ3v) is 4.98.